The monoisotopic (exact) mass is 560 g/mol. The Bertz CT molecular complexity index is 1400. The Morgan fingerprint density at radius 1 is 0.703 bits per heavy atom. The first-order valence-corrected chi connectivity index (χ1v) is 13.0. The van der Waals surface area contributed by atoms with Crippen molar-refractivity contribution in [2.24, 2.45) is 0 Å². The third-order valence-electron chi connectivity index (χ3n) is 7.39. The van der Waals surface area contributed by atoms with Crippen molar-refractivity contribution >= 4 is 17.3 Å². The molecule has 1 unspecified atom stereocenters. The maximum atomic E-state index is 2.47. The fraction of sp³-hybridized carbons (Fsp3) is 0.212. The molecular weight excluding hydrogens is 529 g/mol. The van der Waals surface area contributed by atoms with Gasteiger partial charge in [-0.25, -0.2) is 0 Å². The van der Waals surface area contributed by atoms with E-state index in [4.69, 9.17) is 0 Å². The number of fused-ring (bicyclic) bond motifs is 1. The Morgan fingerprint density at radius 3 is 1.89 bits per heavy atom. The molecule has 0 fully saturated rings. The summed E-state index contributed by atoms with van der Waals surface area (Å²) in [5.41, 5.74) is 13.2. The van der Waals surface area contributed by atoms with E-state index in [2.05, 4.69) is 156 Å². The summed E-state index contributed by atoms with van der Waals surface area (Å²) < 4.78 is 2.47. The van der Waals surface area contributed by atoms with Gasteiger partial charge in [-0.2, -0.15) is 0 Å². The van der Waals surface area contributed by atoms with Gasteiger partial charge in [0.2, 0.25) is 0 Å². The number of halogens is 2. The second-order valence-electron chi connectivity index (χ2n) is 10.3. The summed E-state index contributed by atoms with van der Waals surface area (Å²) in [7, 11) is 0. The van der Waals surface area contributed by atoms with Gasteiger partial charge in [0.05, 0.1) is 0 Å². The van der Waals surface area contributed by atoms with Crippen molar-refractivity contribution in [2.45, 2.75) is 46.1 Å². The van der Waals surface area contributed by atoms with Crippen LogP contribution in [0.2, 0.25) is 0 Å². The Labute approximate surface area is 246 Å². The quantitative estimate of drug-likeness (QED) is 0.339. The molecule has 1 nitrogen and oxygen atoms in total. The largest absolute Gasteiger partial charge is 1.00 e. The predicted octanol–water partition coefficient (Wildman–Crippen LogP) is 2.51. The fourth-order valence-corrected chi connectivity index (χ4v) is 6.51. The van der Waals surface area contributed by atoms with E-state index in [-0.39, 0.29) is 36.3 Å². The summed E-state index contributed by atoms with van der Waals surface area (Å²) in [6, 6.07) is 33.4. The summed E-state index contributed by atoms with van der Waals surface area (Å²) in [5.74, 6) is 0.206. The van der Waals surface area contributed by atoms with E-state index < -0.39 is 0 Å². The topological polar surface area (TPSA) is 3.24 Å². The smallest absolute Gasteiger partial charge is 1.00 e. The van der Waals surface area contributed by atoms with Crippen molar-refractivity contribution in [3.63, 3.8) is 0 Å². The molecule has 187 valence electrons. The molecule has 37 heavy (non-hydrogen) atoms. The van der Waals surface area contributed by atoms with E-state index in [1.807, 2.05) is 0 Å². The summed E-state index contributed by atoms with van der Waals surface area (Å²) in [6.07, 6.45) is 2.39. The molecule has 0 aromatic heterocycles. The van der Waals surface area contributed by atoms with Crippen LogP contribution < -0.4 is 28.2 Å². The van der Waals surface area contributed by atoms with Gasteiger partial charge in [0.1, 0.15) is 0 Å². The summed E-state index contributed by atoms with van der Waals surface area (Å²) in [5, 5.41) is 0. The average molecular weight is 561 g/mol. The third kappa shape index (κ3) is 5.34. The maximum absolute atomic E-state index is 2.47. The number of allylic oxidation sites excluding steroid dienone is 1. The zero-order chi connectivity index (χ0) is 24.7. The SMILES string of the molecule is Cc1cc(C)c([N]([Ti+2])C(C)(C)c2ccccc2C2C(c3ccccc3)=Cc3ccccc32)c(C)c1.[Cl-].[Cl-]. The number of rotatable bonds is 5. The summed E-state index contributed by atoms with van der Waals surface area (Å²) in [4.78, 5) is 0. The second-order valence-corrected chi connectivity index (χ2v) is 11.0. The second kappa shape index (κ2) is 11.6. The molecule has 0 amide bonds. The van der Waals surface area contributed by atoms with Crippen LogP contribution in [0.5, 0.6) is 0 Å². The summed E-state index contributed by atoms with van der Waals surface area (Å²) in [6.45, 7) is 11.4. The molecule has 1 aliphatic rings. The van der Waals surface area contributed by atoms with Crippen LogP contribution in [0.4, 0.5) is 5.69 Å². The molecule has 0 spiro atoms. The molecule has 0 bridgehead atoms. The van der Waals surface area contributed by atoms with E-state index in [9.17, 15) is 0 Å². The maximum Gasteiger partial charge on any atom is -1.00 e. The summed E-state index contributed by atoms with van der Waals surface area (Å²) >= 11 is 2.25. The standard InChI is InChI=1S/C33H32N.2ClH.Ti/c1-22-19-23(2)32(24(3)20-22)34-33(4,5)30-18-12-11-17-28(30)31-27-16-10-9-15-26(27)21-29(31)25-13-7-6-8-14-25;;;/h6-21,31H,1-5H3;2*1H;/q-1;;;+3/p-2. The molecule has 1 aliphatic carbocycles. The Balaban J connectivity index is 0.00000190. The number of hydrogen-bond donors (Lipinski definition) is 0. The number of aryl methyl sites for hydroxylation is 3. The molecule has 4 aromatic carbocycles. The predicted molar refractivity (Wildman–Crippen MR) is 145 cm³/mol. The fourth-order valence-electron chi connectivity index (χ4n) is 5.77. The van der Waals surface area contributed by atoms with E-state index in [0.29, 0.717) is 0 Å². The molecule has 0 saturated heterocycles. The third-order valence-corrected chi connectivity index (χ3v) is 8.61. The zero-order valence-electron chi connectivity index (χ0n) is 22.0. The molecule has 4 aromatic rings. The van der Waals surface area contributed by atoms with Gasteiger partial charge in [-0.05, 0) is 0 Å². The Hall–Kier alpha value is -2.29. The van der Waals surface area contributed by atoms with Gasteiger partial charge < -0.3 is 24.8 Å². The van der Waals surface area contributed by atoms with Crippen molar-refractivity contribution < 1.29 is 45.5 Å². The molecule has 0 radical (unpaired) electrons. The van der Waals surface area contributed by atoms with Crippen molar-refractivity contribution in [2.75, 3.05) is 3.38 Å². The van der Waals surface area contributed by atoms with Gasteiger partial charge in [0.25, 0.3) is 0 Å². The Morgan fingerprint density at radius 2 is 1.24 bits per heavy atom. The number of hydrogen-bond acceptors (Lipinski definition) is 1. The van der Waals surface area contributed by atoms with E-state index in [1.165, 1.54) is 55.8 Å². The van der Waals surface area contributed by atoms with Gasteiger partial charge in [0.15, 0.2) is 0 Å². The first-order valence-electron chi connectivity index (χ1n) is 12.3. The van der Waals surface area contributed by atoms with Gasteiger partial charge >= 0.3 is 223 Å². The van der Waals surface area contributed by atoms with Crippen molar-refractivity contribution in [1.82, 2.24) is 0 Å². The molecule has 0 aliphatic heterocycles. The van der Waals surface area contributed by atoms with Gasteiger partial charge in [-0.1, -0.05) is 0 Å². The van der Waals surface area contributed by atoms with Crippen LogP contribution in [-0.4, -0.2) is 0 Å². The van der Waals surface area contributed by atoms with Gasteiger partial charge in [-0.15, -0.1) is 0 Å². The molecule has 5 rings (SSSR count). The van der Waals surface area contributed by atoms with Crippen LogP contribution in [0, 0.1) is 20.8 Å². The molecule has 0 saturated carbocycles. The van der Waals surface area contributed by atoms with E-state index >= 15 is 0 Å². The van der Waals surface area contributed by atoms with Crippen LogP contribution in [0.1, 0.15) is 64.3 Å². The normalized spacial score (nSPS) is 14.2. The minimum atomic E-state index is -0.208. The van der Waals surface area contributed by atoms with Crippen molar-refractivity contribution in [3.05, 3.63) is 136 Å². The van der Waals surface area contributed by atoms with Crippen molar-refractivity contribution in [3.8, 4) is 0 Å². The Kier molecular flexibility index (Phi) is 9.20. The van der Waals surface area contributed by atoms with Crippen molar-refractivity contribution in [1.29, 1.82) is 0 Å². The minimum Gasteiger partial charge on any atom is -1.00 e. The average Bonchev–Trinajstić information content (AvgIpc) is 3.23. The van der Waals surface area contributed by atoms with Crippen LogP contribution in [0.25, 0.3) is 11.6 Å². The molecule has 0 N–H and O–H groups in total. The molecule has 4 heteroatoms. The molecular formula is C33H32Cl2NTi. The van der Waals surface area contributed by atoms with Gasteiger partial charge in [-0.3, -0.25) is 0 Å². The number of nitrogens with zero attached hydrogens (tertiary/aromatic N) is 1. The zero-order valence-corrected chi connectivity index (χ0v) is 25.1. The number of benzene rings is 4. The first kappa shape index (κ1) is 29.3. The van der Waals surface area contributed by atoms with E-state index in [0.717, 1.165) is 0 Å². The minimum absolute atomic E-state index is 0. The van der Waals surface area contributed by atoms with E-state index in [1.54, 1.807) is 0 Å². The van der Waals surface area contributed by atoms with Gasteiger partial charge in [0, 0.05) is 0 Å². The van der Waals surface area contributed by atoms with Crippen LogP contribution >= 0.6 is 0 Å². The van der Waals surface area contributed by atoms with Crippen LogP contribution in [0.3, 0.4) is 0 Å². The molecule has 0 heterocycles. The van der Waals surface area contributed by atoms with Crippen LogP contribution in [-0.2, 0) is 26.2 Å². The number of anilines is 1. The van der Waals surface area contributed by atoms with Crippen LogP contribution in [0.15, 0.2) is 91.0 Å². The first-order chi connectivity index (χ1) is 16.8. The molecule has 1 atom stereocenters.